The van der Waals surface area contributed by atoms with Crippen LogP contribution in [0.1, 0.15) is 20.8 Å². The van der Waals surface area contributed by atoms with Gasteiger partial charge in [0.05, 0.1) is 13.2 Å². The van der Waals surface area contributed by atoms with Crippen LogP contribution >= 0.6 is 0 Å². The molecule has 122 valence electrons. The summed E-state index contributed by atoms with van der Waals surface area (Å²) in [7, 11) is 0. The van der Waals surface area contributed by atoms with Crippen LogP contribution in [0.2, 0.25) is 0 Å². The molecule has 1 unspecified atom stereocenters. The highest BCUT2D eigenvalue weighted by Crippen LogP contribution is 2.18. The normalized spacial score (nSPS) is 16.9. The molecule has 1 rings (SSSR count). The number of carbonyl (C=O) groups excluding carboxylic acids is 2. The molecule has 0 aromatic heterocycles. The monoisotopic (exact) mass is 316 g/mol. The Bertz CT molecular complexity index is 609. The molecule has 6 heteroatoms. The molecule has 0 aliphatic carbocycles. The first-order chi connectivity index (χ1) is 11.0. The van der Waals surface area contributed by atoms with E-state index in [9.17, 15) is 9.59 Å². The number of esters is 2. The van der Waals surface area contributed by atoms with Gasteiger partial charge in [-0.2, -0.15) is 5.26 Å². The van der Waals surface area contributed by atoms with Crippen LogP contribution in [0.15, 0.2) is 47.9 Å². The van der Waals surface area contributed by atoms with Crippen LogP contribution < -0.4 is 0 Å². The zero-order valence-electron chi connectivity index (χ0n) is 13.5. The number of hydrogen-bond donors (Lipinski definition) is 0. The van der Waals surface area contributed by atoms with Gasteiger partial charge in [-0.05, 0) is 45.1 Å². The molecule has 1 heterocycles. The van der Waals surface area contributed by atoms with Crippen molar-refractivity contribution < 1.29 is 19.1 Å². The highest BCUT2D eigenvalue weighted by Gasteiger charge is 2.22. The second-order valence-corrected chi connectivity index (χ2v) is 4.54. The van der Waals surface area contributed by atoms with Crippen LogP contribution in [0.4, 0.5) is 0 Å². The quantitative estimate of drug-likeness (QED) is 0.425. The minimum Gasteiger partial charge on any atom is -0.464 e. The molecule has 0 spiro atoms. The first-order valence-electron chi connectivity index (χ1n) is 7.34. The number of ether oxygens (including phenoxy) is 2. The van der Waals surface area contributed by atoms with Crippen LogP contribution in [0.3, 0.4) is 0 Å². The summed E-state index contributed by atoms with van der Waals surface area (Å²) in [5.41, 5.74) is 0.552. The summed E-state index contributed by atoms with van der Waals surface area (Å²) < 4.78 is 9.82. The first kappa shape index (κ1) is 18.2. The summed E-state index contributed by atoms with van der Waals surface area (Å²) >= 11 is 0. The Balaban J connectivity index is 3.00. The lowest BCUT2D eigenvalue weighted by Crippen LogP contribution is -2.36. The van der Waals surface area contributed by atoms with Gasteiger partial charge in [-0.1, -0.05) is 6.08 Å². The average molecular weight is 316 g/mol. The van der Waals surface area contributed by atoms with Crippen molar-refractivity contribution in [3.8, 4) is 6.07 Å². The van der Waals surface area contributed by atoms with E-state index in [4.69, 9.17) is 14.7 Å². The van der Waals surface area contributed by atoms with Gasteiger partial charge in [0.15, 0.2) is 0 Å². The van der Waals surface area contributed by atoms with Crippen molar-refractivity contribution in [3.05, 3.63) is 47.9 Å². The topological polar surface area (TPSA) is 79.6 Å². The fourth-order valence-electron chi connectivity index (χ4n) is 1.87. The van der Waals surface area contributed by atoms with Crippen LogP contribution in [-0.2, 0) is 19.1 Å². The second-order valence-electron chi connectivity index (χ2n) is 4.54. The number of nitriles is 1. The third kappa shape index (κ3) is 5.15. The summed E-state index contributed by atoms with van der Waals surface area (Å²) in [6, 6.07) is 1.28. The van der Waals surface area contributed by atoms with Gasteiger partial charge >= 0.3 is 11.9 Å². The van der Waals surface area contributed by atoms with Crippen LogP contribution in [0, 0.1) is 11.3 Å². The molecule has 1 atom stereocenters. The van der Waals surface area contributed by atoms with E-state index in [-0.39, 0.29) is 18.1 Å². The standard InChI is InChI=1S/C17H20N2O4/c1-4-22-16(20)13(3)19-11-7-6-8-15(19)10-9-14(12-18)17(21)23-5-2/h6-11,13H,4-5H2,1-3H3/b14-9+,15-10+. The number of allylic oxidation sites excluding steroid dienone is 5. The fourth-order valence-corrected chi connectivity index (χ4v) is 1.87. The van der Waals surface area contributed by atoms with Crippen LogP contribution in [0.5, 0.6) is 0 Å². The number of rotatable bonds is 6. The fraction of sp³-hybridized carbons (Fsp3) is 0.353. The maximum Gasteiger partial charge on any atom is 0.348 e. The highest BCUT2D eigenvalue weighted by molar-refractivity contribution is 5.93. The average Bonchev–Trinajstić information content (AvgIpc) is 2.55. The van der Waals surface area contributed by atoms with Crippen molar-refractivity contribution in [2.75, 3.05) is 13.2 Å². The van der Waals surface area contributed by atoms with Gasteiger partial charge in [0.1, 0.15) is 17.7 Å². The van der Waals surface area contributed by atoms with Gasteiger partial charge in [-0.15, -0.1) is 0 Å². The predicted molar refractivity (Wildman–Crippen MR) is 84.6 cm³/mol. The molecule has 0 aromatic rings. The maximum absolute atomic E-state index is 11.9. The molecule has 0 bridgehead atoms. The summed E-state index contributed by atoms with van der Waals surface area (Å²) in [6.45, 7) is 5.63. The molecule has 0 N–H and O–H groups in total. The third-order valence-electron chi connectivity index (χ3n) is 3.00. The van der Waals surface area contributed by atoms with E-state index in [0.29, 0.717) is 12.3 Å². The van der Waals surface area contributed by atoms with Crippen molar-refractivity contribution in [2.45, 2.75) is 26.8 Å². The number of carbonyl (C=O) groups is 2. The Morgan fingerprint density at radius 2 is 2.00 bits per heavy atom. The third-order valence-corrected chi connectivity index (χ3v) is 3.00. The molecule has 6 nitrogen and oxygen atoms in total. The molecule has 1 aliphatic rings. The zero-order valence-corrected chi connectivity index (χ0v) is 13.5. The molecule has 0 fully saturated rings. The number of hydrogen-bond acceptors (Lipinski definition) is 6. The van der Waals surface area contributed by atoms with E-state index < -0.39 is 12.0 Å². The van der Waals surface area contributed by atoms with E-state index in [0.717, 1.165) is 0 Å². The van der Waals surface area contributed by atoms with E-state index in [1.165, 1.54) is 6.08 Å². The molecular weight excluding hydrogens is 296 g/mol. The Kier molecular flexibility index (Phi) is 7.34. The predicted octanol–water partition coefficient (Wildman–Crippen LogP) is 2.22. The van der Waals surface area contributed by atoms with E-state index in [1.807, 2.05) is 0 Å². The Morgan fingerprint density at radius 1 is 1.30 bits per heavy atom. The van der Waals surface area contributed by atoms with Gasteiger partial charge in [-0.25, -0.2) is 9.59 Å². The molecule has 0 aromatic carbocycles. The lowest BCUT2D eigenvalue weighted by Gasteiger charge is -2.28. The summed E-state index contributed by atoms with van der Waals surface area (Å²) in [5, 5.41) is 9.02. The highest BCUT2D eigenvalue weighted by atomic mass is 16.5. The van der Waals surface area contributed by atoms with Crippen LogP contribution in [-0.4, -0.2) is 36.1 Å². The molecule has 23 heavy (non-hydrogen) atoms. The van der Waals surface area contributed by atoms with Crippen molar-refractivity contribution >= 4 is 11.9 Å². The molecule has 0 saturated heterocycles. The Morgan fingerprint density at radius 3 is 2.61 bits per heavy atom. The van der Waals surface area contributed by atoms with Gasteiger partial charge < -0.3 is 14.4 Å². The van der Waals surface area contributed by atoms with Gasteiger partial charge in [0.25, 0.3) is 0 Å². The van der Waals surface area contributed by atoms with Crippen LogP contribution in [0.25, 0.3) is 0 Å². The van der Waals surface area contributed by atoms with Crippen molar-refractivity contribution in [1.82, 2.24) is 4.90 Å². The molecular formula is C17H20N2O4. The molecule has 1 aliphatic heterocycles. The van der Waals surface area contributed by atoms with E-state index in [1.54, 1.807) is 62.2 Å². The largest absolute Gasteiger partial charge is 0.464 e. The lowest BCUT2D eigenvalue weighted by atomic mass is 10.1. The molecule has 0 amide bonds. The number of nitrogens with zero attached hydrogens (tertiary/aromatic N) is 2. The SMILES string of the molecule is CCOC(=O)/C(C#N)=C/C=C1\C=CC=CN1C(C)C(=O)OCC. The van der Waals surface area contributed by atoms with Gasteiger partial charge in [0.2, 0.25) is 0 Å². The summed E-state index contributed by atoms with van der Waals surface area (Å²) in [5.74, 6) is -1.03. The van der Waals surface area contributed by atoms with Gasteiger partial charge in [0, 0.05) is 11.9 Å². The van der Waals surface area contributed by atoms with E-state index >= 15 is 0 Å². The minimum atomic E-state index is -0.674. The Hall–Kier alpha value is -2.81. The van der Waals surface area contributed by atoms with E-state index in [2.05, 4.69) is 0 Å². The maximum atomic E-state index is 11.9. The lowest BCUT2D eigenvalue weighted by molar-refractivity contribution is -0.147. The van der Waals surface area contributed by atoms with Gasteiger partial charge in [-0.3, -0.25) is 0 Å². The molecule has 0 radical (unpaired) electrons. The minimum absolute atomic E-state index is 0.106. The van der Waals surface area contributed by atoms with Crippen molar-refractivity contribution in [3.63, 3.8) is 0 Å². The molecule has 0 saturated carbocycles. The zero-order chi connectivity index (χ0) is 17.2. The Labute approximate surface area is 136 Å². The van der Waals surface area contributed by atoms with Crippen molar-refractivity contribution in [1.29, 1.82) is 5.26 Å². The summed E-state index contributed by atoms with van der Waals surface area (Å²) in [4.78, 5) is 25.2. The first-order valence-corrected chi connectivity index (χ1v) is 7.34. The second kappa shape index (κ2) is 9.26. The smallest absolute Gasteiger partial charge is 0.348 e. The summed E-state index contributed by atoms with van der Waals surface area (Å²) in [6.07, 6.45) is 10.1. The van der Waals surface area contributed by atoms with Crippen molar-refractivity contribution in [2.24, 2.45) is 0 Å².